The summed E-state index contributed by atoms with van der Waals surface area (Å²) < 4.78 is 5.09. The molecule has 2 N–H and O–H groups in total. The standard InChI is InChI=1S/C18H26N2O3/c1-17(2,10-12-23-3)16(22)20-11-9-18(13-20,15(19)21)14-7-5-4-6-8-14/h4-8H,9-13H2,1-3H3,(H2,19,21). The van der Waals surface area contributed by atoms with Gasteiger partial charge < -0.3 is 15.4 Å². The molecule has 1 aliphatic heterocycles. The summed E-state index contributed by atoms with van der Waals surface area (Å²) >= 11 is 0. The Labute approximate surface area is 137 Å². The van der Waals surface area contributed by atoms with Crippen molar-refractivity contribution < 1.29 is 14.3 Å². The minimum Gasteiger partial charge on any atom is -0.385 e. The van der Waals surface area contributed by atoms with Gasteiger partial charge in [-0.3, -0.25) is 9.59 Å². The second-order valence-electron chi connectivity index (χ2n) is 6.92. The van der Waals surface area contributed by atoms with Gasteiger partial charge in [-0.2, -0.15) is 0 Å². The fourth-order valence-corrected chi connectivity index (χ4v) is 3.21. The van der Waals surface area contributed by atoms with Crippen LogP contribution < -0.4 is 5.73 Å². The number of primary amides is 1. The Kier molecular flexibility index (Phi) is 5.09. The second kappa shape index (κ2) is 6.71. The summed E-state index contributed by atoms with van der Waals surface area (Å²) in [7, 11) is 1.63. The van der Waals surface area contributed by atoms with E-state index in [0.717, 1.165) is 5.56 Å². The van der Waals surface area contributed by atoms with Crippen molar-refractivity contribution in [2.75, 3.05) is 26.8 Å². The van der Waals surface area contributed by atoms with Crippen LogP contribution in [0.2, 0.25) is 0 Å². The smallest absolute Gasteiger partial charge is 0.229 e. The molecule has 23 heavy (non-hydrogen) atoms. The summed E-state index contributed by atoms with van der Waals surface area (Å²) in [5.41, 5.74) is 5.31. The predicted molar refractivity (Wildman–Crippen MR) is 88.8 cm³/mol. The molecule has 1 aliphatic rings. The highest BCUT2D eigenvalue weighted by molar-refractivity contribution is 5.90. The summed E-state index contributed by atoms with van der Waals surface area (Å²) in [5, 5.41) is 0. The quantitative estimate of drug-likeness (QED) is 0.868. The van der Waals surface area contributed by atoms with Gasteiger partial charge >= 0.3 is 0 Å². The highest BCUT2D eigenvalue weighted by Gasteiger charge is 2.48. The molecule has 0 radical (unpaired) electrons. The maximum Gasteiger partial charge on any atom is 0.229 e. The molecule has 1 unspecified atom stereocenters. The number of likely N-dealkylation sites (tertiary alicyclic amines) is 1. The van der Waals surface area contributed by atoms with Crippen LogP contribution in [0.3, 0.4) is 0 Å². The van der Waals surface area contributed by atoms with Gasteiger partial charge in [-0.1, -0.05) is 44.2 Å². The maximum absolute atomic E-state index is 12.8. The Bertz CT molecular complexity index is 571. The third kappa shape index (κ3) is 3.39. The maximum atomic E-state index is 12.8. The van der Waals surface area contributed by atoms with Gasteiger partial charge in [0.15, 0.2) is 0 Å². The van der Waals surface area contributed by atoms with E-state index in [-0.39, 0.29) is 11.8 Å². The summed E-state index contributed by atoms with van der Waals surface area (Å²) in [6.45, 7) is 5.27. The van der Waals surface area contributed by atoms with Gasteiger partial charge in [0.1, 0.15) is 0 Å². The minimum atomic E-state index is -0.783. The number of nitrogens with zero attached hydrogens (tertiary/aromatic N) is 1. The molecular formula is C18H26N2O3. The molecule has 126 valence electrons. The van der Waals surface area contributed by atoms with Crippen molar-refractivity contribution in [3.8, 4) is 0 Å². The first-order chi connectivity index (χ1) is 10.8. The third-order valence-corrected chi connectivity index (χ3v) is 4.86. The van der Waals surface area contributed by atoms with Crippen LogP contribution in [0.5, 0.6) is 0 Å². The second-order valence-corrected chi connectivity index (χ2v) is 6.92. The Morgan fingerprint density at radius 1 is 1.30 bits per heavy atom. The van der Waals surface area contributed by atoms with Crippen molar-refractivity contribution in [2.24, 2.45) is 11.1 Å². The SMILES string of the molecule is COCCC(C)(C)C(=O)N1CCC(C(N)=O)(c2ccccc2)C1. The summed E-state index contributed by atoms with van der Waals surface area (Å²) in [6.07, 6.45) is 1.21. The van der Waals surface area contributed by atoms with Crippen LogP contribution in [0, 0.1) is 5.41 Å². The normalized spacial score (nSPS) is 21.4. The molecule has 2 rings (SSSR count). The van der Waals surface area contributed by atoms with Crippen molar-refractivity contribution in [3.05, 3.63) is 35.9 Å². The van der Waals surface area contributed by atoms with Gasteiger partial charge in [0.25, 0.3) is 0 Å². The number of benzene rings is 1. The van der Waals surface area contributed by atoms with Crippen LogP contribution in [0.4, 0.5) is 0 Å². The van der Waals surface area contributed by atoms with Crippen LogP contribution in [-0.4, -0.2) is 43.5 Å². The molecule has 0 aliphatic carbocycles. The molecule has 0 aromatic heterocycles. The Balaban J connectivity index is 2.21. The minimum absolute atomic E-state index is 0.0496. The van der Waals surface area contributed by atoms with Crippen LogP contribution in [-0.2, 0) is 19.7 Å². The number of hydrogen-bond acceptors (Lipinski definition) is 3. The molecule has 0 bridgehead atoms. The van der Waals surface area contributed by atoms with Crippen molar-refractivity contribution in [3.63, 3.8) is 0 Å². The number of amides is 2. The van der Waals surface area contributed by atoms with Gasteiger partial charge in [-0.15, -0.1) is 0 Å². The first kappa shape index (κ1) is 17.5. The van der Waals surface area contributed by atoms with Gasteiger partial charge in [-0.25, -0.2) is 0 Å². The van der Waals surface area contributed by atoms with Crippen LogP contribution in [0.25, 0.3) is 0 Å². The zero-order valence-electron chi connectivity index (χ0n) is 14.2. The van der Waals surface area contributed by atoms with Crippen LogP contribution in [0.1, 0.15) is 32.3 Å². The van der Waals surface area contributed by atoms with Crippen molar-refractivity contribution in [1.29, 1.82) is 0 Å². The van der Waals surface area contributed by atoms with Crippen molar-refractivity contribution >= 4 is 11.8 Å². The molecule has 1 aromatic carbocycles. The topological polar surface area (TPSA) is 72.6 Å². The molecule has 5 heteroatoms. The molecular weight excluding hydrogens is 292 g/mol. The van der Waals surface area contributed by atoms with Gasteiger partial charge in [0.2, 0.25) is 11.8 Å². The molecule has 1 fully saturated rings. The van der Waals surface area contributed by atoms with Crippen LogP contribution >= 0.6 is 0 Å². The number of rotatable bonds is 6. The lowest BCUT2D eigenvalue weighted by Crippen LogP contribution is -2.46. The Hall–Kier alpha value is -1.88. The average Bonchev–Trinajstić information content (AvgIpc) is 2.99. The molecule has 2 amide bonds. The first-order valence-corrected chi connectivity index (χ1v) is 7.97. The number of ether oxygens (including phenoxy) is 1. The Morgan fingerprint density at radius 3 is 2.52 bits per heavy atom. The predicted octanol–water partition coefficient (Wildman–Crippen LogP) is 1.70. The monoisotopic (exact) mass is 318 g/mol. The van der Waals surface area contributed by atoms with Gasteiger partial charge in [0, 0.05) is 32.2 Å². The summed E-state index contributed by atoms with van der Waals surface area (Å²) in [4.78, 5) is 26.8. The number of hydrogen-bond donors (Lipinski definition) is 1. The summed E-state index contributed by atoms with van der Waals surface area (Å²) in [6, 6.07) is 9.52. The molecule has 0 spiro atoms. The van der Waals surface area contributed by atoms with Crippen molar-refractivity contribution in [2.45, 2.75) is 32.1 Å². The van der Waals surface area contributed by atoms with E-state index < -0.39 is 10.8 Å². The van der Waals surface area contributed by atoms with Gasteiger partial charge in [0.05, 0.1) is 5.41 Å². The fourth-order valence-electron chi connectivity index (χ4n) is 3.21. The van der Waals surface area contributed by atoms with E-state index in [1.54, 1.807) is 12.0 Å². The summed E-state index contributed by atoms with van der Waals surface area (Å²) in [5.74, 6) is -0.317. The molecule has 1 heterocycles. The van der Waals surface area contributed by atoms with Crippen LogP contribution in [0.15, 0.2) is 30.3 Å². The lowest BCUT2D eigenvalue weighted by atomic mass is 9.79. The number of carbonyl (C=O) groups is 2. The zero-order valence-corrected chi connectivity index (χ0v) is 14.2. The lowest BCUT2D eigenvalue weighted by Gasteiger charge is -2.31. The van der Waals surface area contributed by atoms with E-state index in [0.29, 0.717) is 32.5 Å². The largest absolute Gasteiger partial charge is 0.385 e. The highest BCUT2D eigenvalue weighted by atomic mass is 16.5. The molecule has 5 nitrogen and oxygen atoms in total. The van der Waals surface area contributed by atoms with E-state index >= 15 is 0 Å². The van der Waals surface area contributed by atoms with E-state index in [1.165, 1.54) is 0 Å². The fraction of sp³-hybridized carbons (Fsp3) is 0.556. The van der Waals surface area contributed by atoms with Crippen molar-refractivity contribution in [1.82, 2.24) is 4.90 Å². The van der Waals surface area contributed by atoms with E-state index in [4.69, 9.17) is 10.5 Å². The molecule has 1 saturated heterocycles. The lowest BCUT2D eigenvalue weighted by molar-refractivity contribution is -0.140. The molecule has 0 saturated carbocycles. The molecule has 1 aromatic rings. The van der Waals surface area contributed by atoms with E-state index in [9.17, 15) is 9.59 Å². The van der Waals surface area contributed by atoms with E-state index in [2.05, 4.69) is 0 Å². The number of carbonyl (C=O) groups excluding carboxylic acids is 2. The zero-order chi connectivity index (χ0) is 17.1. The Morgan fingerprint density at radius 2 is 1.96 bits per heavy atom. The number of nitrogens with two attached hydrogens (primary N) is 1. The average molecular weight is 318 g/mol. The molecule has 1 atom stereocenters. The van der Waals surface area contributed by atoms with E-state index in [1.807, 2.05) is 44.2 Å². The van der Waals surface area contributed by atoms with Gasteiger partial charge in [-0.05, 0) is 18.4 Å². The number of methoxy groups -OCH3 is 1. The first-order valence-electron chi connectivity index (χ1n) is 7.97. The third-order valence-electron chi connectivity index (χ3n) is 4.86. The highest BCUT2D eigenvalue weighted by Crippen LogP contribution is 2.37.